The summed E-state index contributed by atoms with van der Waals surface area (Å²) in [5.41, 5.74) is 3.34. The van der Waals surface area contributed by atoms with Crippen LogP contribution in [-0.4, -0.2) is 25.9 Å². The Morgan fingerprint density at radius 1 is 1.24 bits per heavy atom. The molecule has 4 aromatic rings. The molecule has 8 nitrogen and oxygen atoms in total. The Morgan fingerprint density at radius 3 is 2.76 bits per heavy atom. The van der Waals surface area contributed by atoms with Gasteiger partial charge in [0.1, 0.15) is 11.2 Å². The van der Waals surface area contributed by atoms with Crippen LogP contribution in [0, 0.1) is 17.1 Å². The second-order valence-electron chi connectivity index (χ2n) is 10.6. The van der Waals surface area contributed by atoms with Crippen molar-refractivity contribution in [2.45, 2.75) is 58.5 Å². The number of hydrogen-bond donors (Lipinski definition) is 2. The van der Waals surface area contributed by atoms with Crippen LogP contribution < -0.4 is 16.2 Å². The Kier molecular flexibility index (Phi) is 5.88. The average molecular weight is 500 g/mol. The van der Waals surface area contributed by atoms with Gasteiger partial charge in [0.15, 0.2) is 5.65 Å². The van der Waals surface area contributed by atoms with E-state index in [9.17, 15) is 14.4 Å². The van der Waals surface area contributed by atoms with E-state index in [4.69, 9.17) is 4.98 Å². The second kappa shape index (κ2) is 8.82. The zero-order valence-electron chi connectivity index (χ0n) is 21.7. The summed E-state index contributed by atoms with van der Waals surface area (Å²) in [6.07, 6.45) is 1.52. The Labute approximate surface area is 214 Å². The first-order valence-electron chi connectivity index (χ1n) is 12.4. The number of aromatic nitrogens is 4. The van der Waals surface area contributed by atoms with Gasteiger partial charge >= 0.3 is 0 Å². The molecule has 1 aliphatic rings. The number of nitrogens with one attached hydrogen (secondary N) is 2. The quantitative estimate of drug-likeness (QED) is 0.414. The van der Waals surface area contributed by atoms with Crippen molar-refractivity contribution < 1.29 is 4.39 Å². The molecule has 2 N–H and O–H groups in total. The van der Waals surface area contributed by atoms with Crippen LogP contribution in [0.2, 0.25) is 0 Å². The molecule has 0 bridgehead atoms. The lowest BCUT2D eigenvalue weighted by Gasteiger charge is -2.33. The van der Waals surface area contributed by atoms with E-state index in [1.807, 2.05) is 13.0 Å². The highest BCUT2D eigenvalue weighted by Crippen LogP contribution is 2.32. The first-order valence-corrected chi connectivity index (χ1v) is 12.4. The third-order valence-corrected chi connectivity index (χ3v) is 7.10. The Balaban J connectivity index is 1.61. The maximum atomic E-state index is 14.7. The van der Waals surface area contributed by atoms with Crippen LogP contribution in [0.1, 0.15) is 51.3 Å². The van der Waals surface area contributed by atoms with Crippen LogP contribution in [-0.2, 0) is 23.9 Å². The minimum Gasteiger partial charge on any atom is -0.324 e. The molecule has 0 unspecified atom stereocenters. The van der Waals surface area contributed by atoms with Crippen LogP contribution >= 0.6 is 0 Å². The number of benzene rings is 2. The van der Waals surface area contributed by atoms with Gasteiger partial charge in [0.2, 0.25) is 5.95 Å². The van der Waals surface area contributed by atoms with E-state index in [2.05, 4.69) is 47.7 Å². The topological polar surface area (TPSA) is 101 Å². The average Bonchev–Trinajstić information content (AvgIpc) is 3.14. The van der Waals surface area contributed by atoms with E-state index in [1.54, 1.807) is 30.7 Å². The van der Waals surface area contributed by atoms with Crippen molar-refractivity contribution in [1.29, 1.82) is 5.26 Å². The van der Waals surface area contributed by atoms with Crippen LogP contribution in [0.15, 0.2) is 47.4 Å². The molecule has 1 aliphatic heterocycles. The van der Waals surface area contributed by atoms with Crippen LogP contribution in [0.3, 0.4) is 0 Å². The fraction of sp³-hybridized carbons (Fsp3) is 0.357. The smallest absolute Gasteiger partial charge is 0.278 e. The molecule has 0 fully saturated rings. The molecule has 0 atom stereocenters. The minimum atomic E-state index is -1.04. The number of hydrogen-bond acceptors (Lipinski definition) is 6. The summed E-state index contributed by atoms with van der Waals surface area (Å²) in [5, 5.41) is 16.7. The summed E-state index contributed by atoms with van der Waals surface area (Å²) in [6.45, 7) is 11.7. The van der Waals surface area contributed by atoms with Crippen LogP contribution in [0.5, 0.6) is 0 Å². The molecule has 37 heavy (non-hydrogen) atoms. The number of rotatable bonds is 5. The van der Waals surface area contributed by atoms with Crippen molar-refractivity contribution in [2.75, 3.05) is 11.9 Å². The number of fused-ring (bicyclic) bond motifs is 2. The molecule has 0 amide bonds. The summed E-state index contributed by atoms with van der Waals surface area (Å²) in [7, 11) is 0. The third kappa shape index (κ3) is 4.17. The zero-order chi connectivity index (χ0) is 26.5. The Bertz CT molecular complexity index is 1620. The largest absolute Gasteiger partial charge is 0.324 e. The molecular weight excluding hydrogens is 469 g/mol. The van der Waals surface area contributed by atoms with Crippen molar-refractivity contribution in [3.05, 3.63) is 75.5 Å². The minimum absolute atomic E-state index is 0.0504. The first-order chi connectivity index (χ1) is 17.6. The van der Waals surface area contributed by atoms with E-state index >= 15 is 0 Å². The lowest BCUT2D eigenvalue weighted by Crippen LogP contribution is -2.38. The Hall–Kier alpha value is -4.03. The predicted octanol–water partition coefficient (Wildman–Crippen LogP) is 4.67. The summed E-state index contributed by atoms with van der Waals surface area (Å²) in [6, 6.07) is 12.9. The highest BCUT2D eigenvalue weighted by Gasteiger charge is 2.28. The lowest BCUT2D eigenvalue weighted by atomic mass is 9.79. The molecule has 0 saturated heterocycles. The second-order valence-corrected chi connectivity index (χ2v) is 10.6. The van der Waals surface area contributed by atoms with Crippen molar-refractivity contribution in [3.63, 3.8) is 0 Å². The molecule has 5 rings (SSSR count). The van der Waals surface area contributed by atoms with Gasteiger partial charge in [-0.3, -0.25) is 4.79 Å². The van der Waals surface area contributed by atoms with Gasteiger partial charge in [0, 0.05) is 42.5 Å². The number of anilines is 2. The van der Waals surface area contributed by atoms with Gasteiger partial charge in [-0.2, -0.15) is 10.2 Å². The first kappa shape index (κ1) is 24.7. The molecule has 190 valence electrons. The molecule has 2 aromatic heterocycles. The van der Waals surface area contributed by atoms with Gasteiger partial charge in [0.05, 0.1) is 17.2 Å². The molecule has 9 heteroatoms. The van der Waals surface area contributed by atoms with Crippen molar-refractivity contribution in [1.82, 2.24) is 24.6 Å². The van der Waals surface area contributed by atoms with Crippen molar-refractivity contribution in [3.8, 4) is 11.8 Å². The van der Waals surface area contributed by atoms with Gasteiger partial charge in [-0.15, -0.1) is 0 Å². The van der Waals surface area contributed by atoms with Gasteiger partial charge in [-0.05, 0) is 62.2 Å². The predicted molar refractivity (Wildman–Crippen MR) is 142 cm³/mol. The molecule has 0 spiro atoms. The number of nitrogens with zero attached hydrogens (tertiary/aromatic N) is 5. The van der Waals surface area contributed by atoms with E-state index in [1.165, 1.54) is 28.1 Å². The summed E-state index contributed by atoms with van der Waals surface area (Å²) >= 11 is 0. The van der Waals surface area contributed by atoms with Gasteiger partial charge in [0.25, 0.3) is 5.56 Å². The highest BCUT2D eigenvalue weighted by atomic mass is 19.1. The Morgan fingerprint density at radius 2 is 2.03 bits per heavy atom. The molecule has 2 aromatic carbocycles. The summed E-state index contributed by atoms with van der Waals surface area (Å²) in [5.74, 6) is -0.128. The fourth-order valence-corrected chi connectivity index (χ4v) is 5.03. The van der Waals surface area contributed by atoms with Gasteiger partial charge in [-0.25, -0.2) is 18.7 Å². The molecule has 3 heterocycles. The highest BCUT2D eigenvalue weighted by molar-refractivity contribution is 5.77. The summed E-state index contributed by atoms with van der Waals surface area (Å²) in [4.78, 5) is 22.3. The SMILES string of the molecule is CCn1c(=O)c2cnc(Nc3ccc4c(c3)CNCC4(C)C)nc2n1-c1ccc(F)c(C(C)(C)C#N)c1. The molecule has 0 radical (unpaired) electrons. The molecule has 0 aliphatic carbocycles. The fourth-order valence-electron chi connectivity index (χ4n) is 5.03. The summed E-state index contributed by atoms with van der Waals surface area (Å²) < 4.78 is 17.9. The maximum Gasteiger partial charge on any atom is 0.278 e. The standard InChI is InChI=1S/C28H30FN7O/c1-6-35-25(37)20-14-32-26(33-18-7-9-21-17(11-18)13-31-16-28(21,4)5)34-24(20)36(35)19-8-10-23(29)22(12-19)27(2,3)15-30/h7-12,14,31H,6,13,16H2,1-5H3,(H,32,33,34). The third-order valence-electron chi connectivity index (χ3n) is 7.10. The number of halogens is 1. The van der Waals surface area contributed by atoms with Crippen LogP contribution in [0.25, 0.3) is 16.7 Å². The zero-order valence-corrected chi connectivity index (χ0v) is 21.7. The van der Waals surface area contributed by atoms with E-state index in [0.29, 0.717) is 29.2 Å². The normalized spacial score (nSPS) is 14.8. The lowest BCUT2D eigenvalue weighted by molar-refractivity contribution is 0.435. The van der Waals surface area contributed by atoms with Gasteiger partial charge < -0.3 is 10.6 Å². The maximum absolute atomic E-state index is 14.7. The van der Waals surface area contributed by atoms with E-state index in [-0.39, 0.29) is 16.5 Å². The number of nitriles is 1. The van der Waals surface area contributed by atoms with Gasteiger partial charge in [-0.1, -0.05) is 19.9 Å². The van der Waals surface area contributed by atoms with Crippen molar-refractivity contribution >= 4 is 22.7 Å². The molecular formula is C28H30FN7O. The van der Waals surface area contributed by atoms with Crippen LogP contribution in [0.4, 0.5) is 16.0 Å². The van der Waals surface area contributed by atoms with E-state index < -0.39 is 11.2 Å². The van der Waals surface area contributed by atoms with Crippen molar-refractivity contribution in [2.24, 2.45) is 0 Å². The van der Waals surface area contributed by atoms with E-state index in [0.717, 1.165) is 18.8 Å². The molecule has 0 saturated carbocycles. The monoisotopic (exact) mass is 499 g/mol.